The molecule has 0 unspecified atom stereocenters. The van der Waals surface area contributed by atoms with Crippen molar-refractivity contribution in [1.82, 2.24) is 0 Å². The Morgan fingerprint density at radius 2 is 1.58 bits per heavy atom. The zero-order valence-corrected chi connectivity index (χ0v) is 12.0. The van der Waals surface area contributed by atoms with Gasteiger partial charge in [0.05, 0.1) is 19.8 Å². The van der Waals surface area contributed by atoms with E-state index in [0.717, 1.165) is 31.9 Å². The van der Waals surface area contributed by atoms with Crippen LogP contribution >= 0.6 is 0 Å². The summed E-state index contributed by atoms with van der Waals surface area (Å²) in [6, 6.07) is 8.36. The lowest BCUT2D eigenvalue weighted by molar-refractivity contribution is 0.0529. The topological polar surface area (TPSA) is 39.7 Å². The molecule has 1 aromatic rings. The maximum absolute atomic E-state index is 5.51. The Bertz CT molecular complexity index is 314. The molecule has 4 nitrogen and oxygen atoms in total. The van der Waals surface area contributed by atoms with Gasteiger partial charge in [0.2, 0.25) is 0 Å². The third kappa shape index (κ3) is 8.59. The van der Waals surface area contributed by atoms with E-state index >= 15 is 0 Å². The number of anilines is 1. The molecule has 0 heterocycles. The zero-order valence-electron chi connectivity index (χ0n) is 12.0. The molecule has 0 saturated carbocycles. The van der Waals surface area contributed by atoms with Gasteiger partial charge in [-0.05, 0) is 25.5 Å². The Labute approximate surface area is 116 Å². The molecular weight excluding hydrogens is 242 g/mol. The largest absolute Gasteiger partial charge is 0.383 e. The Kier molecular flexibility index (Phi) is 9.06. The fourth-order valence-corrected chi connectivity index (χ4v) is 1.55. The minimum atomic E-state index is 0.654. The average molecular weight is 267 g/mol. The summed E-state index contributed by atoms with van der Waals surface area (Å²) in [5.41, 5.74) is 2.41. The van der Waals surface area contributed by atoms with Gasteiger partial charge in [-0.1, -0.05) is 17.7 Å². The van der Waals surface area contributed by atoms with Crippen LogP contribution in [0.5, 0.6) is 0 Å². The predicted molar refractivity (Wildman–Crippen MR) is 77.8 cm³/mol. The van der Waals surface area contributed by atoms with Gasteiger partial charge in [0.25, 0.3) is 0 Å². The fraction of sp³-hybridized carbons (Fsp3) is 0.600. The summed E-state index contributed by atoms with van der Waals surface area (Å²) in [4.78, 5) is 0. The van der Waals surface area contributed by atoms with Crippen molar-refractivity contribution in [2.75, 3.05) is 52.0 Å². The molecule has 0 aliphatic carbocycles. The molecule has 1 aromatic carbocycles. The van der Waals surface area contributed by atoms with Crippen molar-refractivity contribution in [2.24, 2.45) is 0 Å². The number of rotatable bonds is 11. The lowest BCUT2D eigenvalue weighted by atomic mass is 10.2. The lowest BCUT2D eigenvalue weighted by Crippen LogP contribution is -2.11. The van der Waals surface area contributed by atoms with Crippen LogP contribution in [0.1, 0.15) is 12.0 Å². The standard InChI is InChI=1S/C15H25NO3/c1-14-4-6-15(7-5-14)16-8-11-18-9-3-10-19-13-12-17-2/h4-7,16H,3,8-13H2,1-2H3. The maximum Gasteiger partial charge on any atom is 0.0700 e. The molecule has 0 aliphatic heterocycles. The first kappa shape index (κ1) is 16.0. The molecule has 0 spiro atoms. The van der Waals surface area contributed by atoms with Crippen molar-refractivity contribution >= 4 is 5.69 Å². The first-order chi connectivity index (χ1) is 9.33. The summed E-state index contributed by atoms with van der Waals surface area (Å²) in [6.07, 6.45) is 0.925. The number of hydrogen-bond donors (Lipinski definition) is 1. The van der Waals surface area contributed by atoms with Gasteiger partial charge in [-0.3, -0.25) is 0 Å². The first-order valence-corrected chi connectivity index (χ1v) is 6.78. The second-order valence-corrected chi connectivity index (χ2v) is 4.36. The minimum absolute atomic E-state index is 0.654. The lowest BCUT2D eigenvalue weighted by Gasteiger charge is -2.08. The van der Waals surface area contributed by atoms with E-state index in [0.29, 0.717) is 19.8 Å². The van der Waals surface area contributed by atoms with Crippen molar-refractivity contribution in [1.29, 1.82) is 0 Å². The molecule has 0 fully saturated rings. The van der Waals surface area contributed by atoms with Crippen molar-refractivity contribution in [3.63, 3.8) is 0 Å². The van der Waals surface area contributed by atoms with Crippen LogP contribution in [0.4, 0.5) is 5.69 Å². The highest BCUT2D eigenvalue weighted by molar-refractivity contribution is 5.44. The molecule has 0 atom stereocenters. The third-order valence-electron chi connectivity index (χ3n) is 2.64. The number of methoxy groups -OCH3 is 1. The van der Waals surface area contributed by atoms with Gasteiger partial charge >= 0.3 is 0 Å². The fourth-order valence-electron chi connectivity index (χ4n) is 1.55. The summed E-state index contributed by atoms with van der Waals surface area (Å²) in [7, 11) is 1.67. The van der Waals surface area contributed by atoms with Crippen molar-refractivity contribution in [3.05, 3.63) is 29.8 Å². The molecule has 4 heteroatoms. The summed E-state index contributed by atoms with van der Waals surface area (Å²) < 4.78 is 15.7. The van der Waals surface area contributed by atoms with Crippen LogP contribution in [0.2, 0.25) is 0 Å². The number of hydrogen-bond acceptors (Lipinski definition) is 4. The van der Waals surface area contributed by atoms with Gasteiger partial charge in [0.1, 0.15) is 0 Å². The van der Waals surface area contributed by atoms with Gasteiger partial charge in [0, 0.05) is 32.6 Å². The highest BCUT2D eigenvalue weighted by Gasteiger charge is 1.93. The quantitative estimate of drug-likeness (QED) is 0.625. The summed E-state index contributed by atoms with van der Waals surface area (Å²) >= 11 is 0. The second-order valence-electron chi connectivity index (χ2n) is 4.36. The van der Waals surface area contributed by atoms with Crippen LogP contribution in [-0.2, 0) is 14.2 Å². The summed E-state index contributed by atoms with van der Waals surface area (Å²) in [6.45, 7) is 6.41. The van der Waals surface area contributed by atoms with Crippen LogP contribution in [0.15, 0.2) is 24.3 Å². The molecule has 0 saturated heterocycles. The highest BCUT2D eigenvalue weighted by Crippen LogP contribution is 2.07. The molecule has 1 N–H and O–H groups in total. The van der Waals surface area contributed by atoms with Crippen molar-refractivity contribution < 1.29 is 14.2 Å². The normalized spacial score (nSPS) is 10.6. The van der Waals surface area contributed by atoms with Crippen LogP contribution in [-0.4, -0.2) is 46.7 Å². The van der Waals surface area contributed by atoms with Gasteiger partial charge in [-0.15, -0.1) is 0 Å². The molecule has 0 bridgehead atoms. The maximum atomic E-state index is 5.51. The molecule has 0 amide bonds. The van der Waals surface area contributed by atoms with Crippen LogP contribution in [0.3, 0.4) is 0 Å². The Morgan fingerprint density at radius 3 is 2.26 bits per heavy atom. The molecule has 0 aromatic heterocycles. The monoisotopic (exact) mass is 267 g/mol. The van der Waals surface area contributed by atoms with Crippen LogP contribution in [0, 0.1) is 6.92 Å². The van der Waals surface area contributed by atoms with E-state index in [1.165, 1.54) is 5.56 Å². The Morgan fingerprint density at radius 1 is 0.895 bits per heavy atom. The Hall–Kier alpha value is -1.10. The molecular formula is C15H25NO3. The smallest absolute Gasteiger partial charge is 0.0700 e. The number of nitrogens with one attached hydrogen (secondary N) is 1. The zero-order chi connectivity index (χ0) is 13.8. The van der Waals surface area contributed by atoms with Crippen LogP contribution < -0.4 is 5.32 Å². The average Bonchev–Trinajstić information content (AvgIpc) is 2.43. The van der Waals surface area contributed by atoms with E-state index in [1.54, 1.807) is 7.11 Å². The molecule has 1 rings (SSSR count). The van der Waals surface area contributed by atoms with Gasteiger partial charge in [-0.2, -0.15) is 0 Å². The molecule has 19 heavy (non-hydrogen) atoms. The van der Waals surface area contributed by atoms with E-state index in [-0.39, 0.29) is 0 Å². The van der Waals surface area contributed by atoms with E-state index in [4.69, 9.17) is 14.2 Å². The van der Waals surface area contributed by atoms with Crippen LogP contribution in [0.25, 0.3) is 0 Å². The molecule has 0 aliphatic rings. The molecule has 108 valence electrons. The second kappa shape index (κ2) is 10.8. The Balaban J connectivity index is 1.87. The highest BCUT2D eigenvalue weighted by atomic mass is 16.5. The predicted octanol–water partition coefficient (Wildman–Crippen LogP) is 2.48. The van der Waals surface area contributed by atoms with E-state index in [1.807, 2.05) is 0 Å². The van der Waals surface area contributed by atoms with Crippen molar-refractivity contribution in [2.45, 2.75) is 13.3 Å². The SMILES string of the molecule is COCCOCCCOCCNc1ccc(C)cc1. The van der Waals surface area contributed by atoms with E-state index in [2.05, 4.69) is 36.5 Å². The van der Waals surface area contributed by atoms with Gasteiger partial charge in [0.15, 0.2) is 0 Å². The summed E-state index contributed by atoms with van der Waals surface area (Å²) in [5, 5.41) is 3.32. The van der Waals surface area contributed by atoms with Gasteiger partial charge in [-0.25, -0.2) is 0 Å². The first-order valence-electron chi connectivity index (χ1n) is 6.78. The molecule has 0 radical (unpaired) electrons. The van der Waals surface area contributed by atoms with E-state index < -0.39 is 0 Å². The summed E-state index contributed by atoms with van der Waals surface area (Å²) in [5.74, 6) is 0. The number of aryl methyl sites for hydroxylation is 1. The van der Waals surface area contributed by atoms with Crippen molar-refractivity contribution in [3.8, 4) is 0 Å². The minimum Gasteiger partial charge on any atom is -0.383 e. The third-order valence-corrected chi connectivity index (χ3v) is 2.64. The van der Waals surface area contributed by atoms with E-state index in [9.17, 15) is 0 Å². The number of ether oxygens (including phenoxy) is 3. The number of benzene rings is 1. The van der Waals surface area contributed by atoms with Gasteiger partial charge < -0.3 is 19.5 Å².